The van der Waals surface area contributed by atoms with Crippen molar-refractivity contribution in [1.29, 1.82) is 0 Å². The Morgan fingerprint density at radius 2 is 1.93 bits per heavy atom. The molecule has 0 aromatic rings. The van der Waals surface area contributed by atoms with Gasteiger partial charge >= 0.3 is 0 Å². The normalized spacial score (nSPS) is 21.2. The van der Waals surface area contributed by atoms with Gasteiger partial charge in [0, 0.05) is 18.1 Å². The Morgan fingerprint density at radius 1 is 1.33 bits per heavy atom. The maximum atomic E-state index is 6.06. The van der Waals surface area contributed by atoms with Crippen LogP contribution in [0.4, 0.5) is 0 Å². The van der Waals surface area contributed by atoms with Crippen molar-refractivity contribution in [1.82, 2.24) is 4.90 Å². The van der Waals surface area contributed by atoms with Gasteiger partial charge in [-0.1, -0.05) is 6.92 Å². The molecule has 0 aromatic carbocycles. The molecule has 1 aliphatic heterocycles. The topological polar surface area (TPSA) is 29.3 Å². The molecule has 1 aliphatic rings. The molecule has 0 aromatic heterocycles. The van der Waals surface area contributed by atoms with Crippen LogP contribution in [-0.4, -0.2) is 41.1 Å². The third kappa shape index (κ3) is 3.11. The highest BCUT2D eigenvalue weighted by Gasteiger charge is 2.37. The Morgan fingerprint density at radius 3 is 2.33 bits per heavy atom. The molecule has 2 N–H and O–H groups in total. The van der Waals surface area contributed by atoms with Crippen LogP contribution in [0.5, 0.6) is 0 Å². The minimum absolute atomic E-state index is 0.301. The van der Waals surface area contributed by atoms with E-state index in [1.807, 2.05) is 0 Å². The van der Waals surface area contributed by atoms with Gasteiger partial charge in [0.25, 0.3) is 0 Å². The summed E-state index contributed by atoms with van der Waals surface area (Å²) in [6, 6.07) is 0.622. The van der Waals surface area contributed by atoms with Gasteiger partial charge in [0.2, 0.25) is 0 Å². The van der Waals surface area contributed by atoms with Gasteiger partial charge < -0.3 is 5.73 Å². The van der Waals surface area contributed by atoms with Gasteiger partial charge in [-0.15, -0.1) is 0 Å². The average Bonchev–Trinajstić information content (AvgIpc) is 2.26. The SMILES string of the molecule is CCCN(C(C)C)C1(CN)CCSCC1. The summed E-state index contributed by atoms with van der Waals surface area (Å²) in [5.74, 6) is 2.56. The quantitative estimate of drug-likeness (QED) is 0.786. The Balaban J connectivity index is 2.74. The van der Waals surface area contributed by atoms with Crippen molar-refractivity contribution in [2.24, 2.45) is 5.73 Å². The van der Waals surface area contributed by atoms with Gasteiger partial charge in [-0.05, 0) is 51.2 Å². The van der Waals surface area contributed by atoms with E-state index in [0.29, 0.717) is 11.6 Å². The molecule has 1 heterocycles. The second kappa shape index (κ2) is 6.12. The molecule has 0 radical (unpaired) electrons. The minimum Gasteiger partial charge on any atom is -0.329 e. The van der Waals surface area contributed by atoms with E-state index in [0.717, 1.165) is 6.54 Å². The number of hydrogen-bond acceptors (Lipinski definition) is 3. The van der Waals surface area contributed by atoms with Gasteiger partial charge in [0.15, 0.2) is 0 Å². The molecule has 1 fully saturated rings. The van der Waals surface area contributed by atoms with Crippen LogP contribution in [0.1, 0.15) is 40.0 Å². The van der Waals surface area contributed by atoms with Crippen LogP contribution in [0, 0.1) is 0 Å². The highest BCUT2D eigenvalue weighted by Crippen LogP contribution is 2.33. The van der Waals surface area contributed by atoms with Gasteiger partial charge in [0.1, 0.15) is 0 Å². The lowest BCUT2D eigenvalue weighted by Gasteiger charge is -2.48. The summed E-state index contributed by atoms with van der Waals surface area (Å²) < 4.78 is 0. The van der Waals surface area contributed by atoms with Crippen LogP contribution in [0.15, 0.2) is 0 Å². The summed E-state index contributed by atoms with van der Waals surface area (Å²) in [6.07, 6.45) is 3.77. The van der Waals surface area contributed by atoms with Crippen LogP contribution in [0.3, 0.4) is 0 Å². The molecule has 1 saturated heterocycles. The van der Waals surface area contributed by atoms with E-state index in [9.17, 15) is 0 Å². The molecular weight excluding hydrogens is 204 g/mol. The van der Waals surface area contributed by atoms with E-state index in [1.165, 1.54) is 37.3 Å². The van der Waals surface area contributed by atoms with Crippen molar-refractivity contribution in [3.63, 3.8) is 0 Å². The summed E-state index contributed by atoms with van der Waals surface area (Å²) in [5, 5.41) is 0. The number of rotatable bonds is 5. The standard InChI is InChI=1S/C12H26N2S/c1-4-7-14(11(2)3)12(10-13)5-8-15-9-6-12/h11H,4-10,13H2,1-3H3. The lowest BCUT2D eigenvalue weighted by molar-refractivity contribution is 0.0536. The summed E-state index contributed by atoms with van der Waals surface area (Å²) in [7, 11) is 0. The average molecular weight is 230 g/mol. The van der Waals surface area contributed by atoms with Crippen molar-refractivity contribution >= 4 is 11.8 Å². The van der Waals surface area contributed by atoms with Gasteiger partial charge in [0.05, 0.1) is 0 Å². The monoisotopic (exact) mass is 230 g/mol. The Bertz CT molecular complexity index is 176. The molecule has 0 spiro atoms. The summed E-state index contributed by atoms with van der Waals surface area (Å²) in [6.45, 7) is 8.88. The maximum absolute atomic E-state index is 6.06. The van der Waals surface area contributed by atoms with Crippen molar-refractivity contribution in [2.45, 2.75) is 51.6 Å². The maximum Gasteiger partial charge on any atom is 0.0350 e. The molecule has 90 valence electrons. The van der Waals surface area contributed by atoms with E-state index >= 15 is 0 Å². The highest BCUT2D eigenvalue weighted by atomic mass is 32.2. The summed E-state index contributed by atoms with van der Waals surface area (Å²) in [5.41, 5.74) is 6.36. The molecule has 0 saturated carbocycles. The molecule has 0 bridgehead atoms. The first-order valence-electron chi connectivity index (χ1n) is 6.21. The molecular formula is C12H26N2S. The highest BCUT2D eigenvalue weighted by molar-refractivity contribution is 7.99. The molecule has 2 nitrogen and oxygen atoms in total. The lowest BCUT2D eigenvalue weighted by atomic mass is 9.88. The van der Waals surface area contributed by atoms with Crippen LogP contribution in [0.25, 0.3) is 0 Å². The van der Waals surface area contributed by atoms with Crippen molar-refractivity contribution in [2.75, 3.05) is 24.6 Å². The first-order chi connectivity index (χ1) is 7.16. The van der Waals surface area contributed by atoms with Crippen molar-refractivity contribution < 1.29 is 0 Å². The van der Waals surface area contributed by atoms with Crippen LogP contribution in [-0.2, 0) is 0 Å². The Hall–Kier alpha value is 0.270. The van der Waals surface area contributed by atoms with Crippen LogP contribution in [0.2, 0.25) is 0 Å². The molecule has 0 atom stereocenters. The number of hydrogen-bond donors (Lipinski definition) is 1. The van der Waals surface area contributed by atoms with Crippen LogP contribution >= 0.6 is 11.8 Å². The molecule has 0 unspecified atom stereocenters. The summed E-state index contributed by atoms with van der Waals surface area (Å²) >= 11 is 2.08. The fourth-order valence-electron chi connectivity index (χ4n) is 2.64. The first kappa shape index (κ1) is 13.3. The van der Waals surface area contributed by atoms with E-state index < -0.39 is 0 Å². The minimum atomic E-state index is 0.301. The summed E-state index contributed by atoms with van der Waals surface area (Å²) in [4.78, 5) is 2.65. The zero-order chi connectivity index (χ0) is 11.3. The van der Waals surface area contributed by atoms with Crippen molar-refractivity contribution in [3.05, 3.63) is 0 Å². The lowest BCUT2D eigenvalue weighted by Crippen LogP contribution is -2.58. The smallest absolute Gasteiger partial charge is 0.0350 e. The molecule has 0 amide bonds. The van der Waals surface area contributed by atoms with Gasteiger partial charge in [-0.3, -0.25) is 4.90 Å². The number of nitrogens with zero attached hydrogens (tertiary/aromatic N) is 1. The second-order valence-electron chi connectivity index (χ2n) is 4.83. The number of thioether (sulfide) groups is 1. The zero-order valence-electron chi connectivity index (χ0n) is 10.5. The molecule has 15 heavy (non-hydrogen) atoms. The van der Waals surface area contributed by atoms with Crippen molar-refractivity contribution in [3.8, 4) is 0 Å². The fourth-order valence-corrected chi connectivity index (χ4v) is 3.90. The predicted octanol–water partition coefficient (Wildman–Crippen LogP) is 2.33. The van der Waals surface area contributed by atoms with E-state index in [2.05, 4.69) is 37.4 Å². The third-order valence-corrected chi connectivity index (χ3v) is 4.49. The van der Waals surface area contributed by atoms with E-state index in [-0.39, 0.29) is 0 Å². The third-order valence-electron chi connectivity index (χ3n) is 3.50. The molecule has 0 aliphatic carbocycles. The van der Waals surface area contributed by atoms with Gasteiger partial charge in [-0.2, -0.15) is 11.8 Å². The zero-order valence-corrected chi connectivity index (χ0v) is 11.3. The second-order valence-corrected chi connectivity index (χ2v) is 6.05. The predicted molar refractivity (Wildman–Crippen MR) is 70.5 cm³/mol. The Labute approximate surface area is 99.0 Å². The molecule has 1 rings (SSSR count). The Kier molecular flexibility index (Phi) is 5.44. The van der Waals surface area contributed by atoms with Gasteiger partial charge in [-0.25, -0.2) is 0 Å². The van der Waals surface area contributed by atoms with E-state index in [1.54, 1.807) is 0 Å². The largest absolute Gasteiger partial charge is 0.329 e. The first-order valence-corrected chi connectivity index (χ1v) is 7.36. The number of nitrogens with two attached hydrogens (primary N) is 1. The van der Waals surface area contributed by atoms with E-state index in [4.69, 9.17) is 5.73 Å². The van der Waals surface area contributed by atoms with Crippen LogP contribution < -0.4 is 5.73 Å². The molecule has 3 heteroatoms. The fraction of sp³-hybridized carbons (Fsp3) is 1.00.